The minimum Gasteiger partial charge on any atom is -0.490 e. The Labute approximate surface area is 252 Å². The van der Waals surface area contributed by atoms with Gasteiger partial charge >= 0.3 is 5.97 Å². The number of nitrogens with one attached hydrogen (secondary N) is 2. The summed E-state index contributed by atoms with van der Waals surface area (Å²) in [4.78, 5) is 29.0. The molecule has 0 atom stereocenters. The van der Waals surface area contributed by atoms with Crippen LogP contribution in [0, 0.1) is 10.8 Å². The fraction of sp³-hybridized carbons (Fsp3) is 0.333. The van der Waals surface area contributed by atoms with E-state index in [-0.39, 0.29) is 62.2 Å². The second-order valence-corrected chi connectivity index (χ2v) is 9.66. The molecular formula is C30H37Cl2N5O4. The molecule has 3 aromatic rings. The number of halogens is 2. The molecule has 0 spiro atoms. The van der Waals surface area contributed by atoms with Crippen molar-refractivity contribution in [3.05, 3.63) is 71.8 Å². The van der Waals surface area contributed by atoms with Crippen LogP contribution in [0.4, 0.5) is 5.69 Å². The Morgan fingerprint density at radius 1 is 0.976 bits per heavy atom. The molecule has 11 heteroatoms. The minimum absolute atomic E-state index is 0. The molecule has 1 aliphatic rings. The maximum atomic E-state index is 13.3. The lowest BCUT2D eigenvalue weighted by Crippen LogP contribution is -2.40. The van der Waals surface area contributed by atoms with Gasteiger partial charge in [0.1, 0.15) is 24.1 Å². The third kappa shape index (κ3) is 8.83. The number of hydrogen-bond acceptors (Lipinski definition) is 6. The Kier molecular flexibility index (Phi) is 12.4. The van der Waals surface area contributed by atoms with Gasteiger partial charge in [0.05, 0.1) is 19.0 Å². The van der Waals surface area contributed by atoms with Crippen molar-refractivity contribution in [2.75, 3.05) is 24.6 Å². The van der Waals surface area contributed by atoms with Gasteiger partial charge in [-0.15, -0.1) is 24.8 Å². The van der Waals surface area contributed by atoms with Crippen molar-refractivity contribution in [2.45, 2.75) is 45.8 Å². The summed E-state index contributed by atoms with van der Waals surface area (Å²) >= 11 is 0. The quantitative estimate of drug-likeness (QED) is 0.132. The van der Waals surface area contributed by atoms with Crippen LogP contribution in [0.25, 0.3) is 10.8 Å². The molecule has 9 nitrogen and oxygen atoms in total. The standard InChI is InChI=1S/C30H35N5O4.2ClH/c1-3-38-29(37)18-28(36)35(19-21-4-5-22-6-7-23(30(32)33)17-24(22)16-21)25-8-10-26(11-9-25)39-27-12-14-34(15-13-27)20(2)31;;/h4-11,16-17,27,31H,3,12-15,18-19H2,1-2H3,(H3,32,33);2*1H. The molecular weight excluding hydrogens is 565 g/mol. The van der Waals surface area contributed by atoms with Gasteiger partial charge in [0.2, 0.25) is 5.91 Å². The van der Waals surface area contributed by atoms with Crippen LogP contribution < -0.4 is 15.4 Å². The van der Waals surface area contributed by atoms with Crippen LogP contribution in [0.15, 0.2) is 60.7 Å². The van der Waals surface area contributed by atoms with Gasteiger partial charge in [-0.2, -0.15) is 0 Å². The van der Waals surface area contributed by atoms with Crippen LogP contribution in [0.2, 0.25) is 0 Å². The summed E-state index contributed by atoms with van der Waals surface area (Å²) in [7, 11) is 0. The Balaban J connectivity index is 0.00000294. The summed E-state index contributed by atoms with van der Waals surface area (Å²) in [5.41, 5.74) is 7.81. The number of esters is 1. The highest BCUT2D eigenvalue weighted by molar-refractivity contribution is 6.03. The van der Waals surface area contributed by atoms with E-state index in [2.05, 4.69) is 0 Å². The first-order chi connectivity index (χ1) is 18.7. The number of anilines is 1. The van der Waals surface area contributed by atoms with E-state index in [1.165, 1.54) is 0 Å². The second-order valence-electron chi connectivity index (χ2n) is 9.66. The number of carbonyl (C=O) groups is 2. The van der Waals surface area contributed by atoms with Gasteiger partial charge in [-0.25, -0.2) is 0 Å². The highest BCUT2D eigenvalue weighted by Crippen LogP contribution is 2.26. The first-order valence-electron chi connectivity index (χ1n) is 13.1. The number of carbonyl (C=O) groups excluding carboxylic acids is 2. The van der Waals surface area contributed by atoms with E-state index in [9.17, 15) is 9.59 Å². The molecule has 1 saturated heterocycles. The lowest BCUT2D eigenvalue weighted by molar-refractivity contribution is -0.145. The molecule has 3 aromatic carbocycles. The molecule has 0 saturated carbocycles. The zero-order valence-corrected chi connectivity index (χ0v) is 24.9. The van der Waals surface area contributed by atoms with Gasteiger partial charge < -0.3 is 25.0 Å². The number of rotatable bonds is 9. The SMILES string of the molecule is CCOC(=O)CC(=O)N(Cc1ccc2ccc(C(=N)N)cc2c1)c1ccc(OC2CCN(C(C)=N)CC2)cc1.Cl.Cl. The topological polar surface area (TPSA) is 133 Å². The van der Waals surface area contributed by atoms with Crippen LogP contribution in [-0.2, 0) is 20.9 Å². The van der Waals surface area contributed by atoms with Crippen molar-refractivity contribution < 1.29 is 19.1 Å². The maximum absolute atomic E-state index is 13.3. The lowest BCUT2D eigenvalue weighted by Gasteiger charge is -2.33. The Morgan fingerprint density at radius 2 is 1.63 bits per heavy atom. The van der Waals surface area contributed by atoms with Gasteiger partial charge in [-0.05, 0) is 66.6 Å². The van der Waals surface area contributed by atoms with Gasteiger partial charge in [-0.1, -0.05) is 24.3 Å². The van der Waals surface area contributed by atoms with Crippen molar-refractivity contribution >= 4 is 64.8 Å². The molecule has 1 aliphatic heterocycles. The molecule has 1 heterocycles. The van der Waals surface area contributed by atoms with Crippen molar-refractivity contribution in [3.63, 3.8) is 0 Å². The fourth-order valence-corrected chi connectivity index (χ4v) is 4.71. The first kappa shape index (κ1) is 33.4. The average molecular weight is 603 g/mol. The smallest absolute Gasteiger partial charge is 0.315 e. The van der Waals surface area contributed by atoms with Crippen LogP contribution in [-0.4, -0.2) is 54.2 Å². The number of hydrogen-bond donors (Lipinski definition) is 3. The van der Waals surface area contributed by atoms with E-state index in [0.29, 0.717) is 22.8 Å². The Hall–Kier alpha value is -3.82. The van der Waals surface area contributed by atoms with Crippen LogP contribution in [0.3, 0.4) is 0 Å². The number of fused-ring (bicyclic) bond motifs is 1. The summed E-state index contributed by atoms with van der Waals surface area (Å²) in [6, 6.07) is 18.8. The number of nitrogen functional groups attached to an aromatic ring is 1. The van der Waals surface area contributed by atoms with Crippen LogP contribution in [0.1, 0.15) is 44.2 Å². The van der Waals surface area contributed by atoms with Gasteiger partial charge in [0.25, 0.3) is 0 Å². The molecule has 4 rings (SSSR count). The zero-order valence-electron chi connectivity index (χ0n) is 23.2. The predicted molar refractivity (Wildman–Crippen MR) is 167 cm³/mol. The number of amidine groups is 2. The normalized spacial score (nSPS) is 13.0. The molecule has 1 fully saturated rings. The van der Waals surface area contributed by atoms with Crippen molar-refractivity contribution in [1.82, 2.24) is 4.90 Å². The first-order valence-corrected chi connectivity index (χ1v) is 13.1. The Bertz CT molecular complexity index is 1380. The highest BCUT2D eigenvalue weighted by atomic mass is 35.5. The van der Waals surface area contributed by atoms with E-state index in [1.54, 1.807) is 24.8 Å². The molecule has 0 radical (unpaired) electrons. The van der Waals surface area contributed by atoms with Crippen molar-refractivity contribution in [1.29, 1.82) is 10.8 Å². The summed E-state index contributed by atoms with van der Waals surface area (Å²) in [5, 5.41) is 17.4. The third-order valence-corrected chi connectivity index (χ3v) is 6.83. The average Bonchev–Trinajstić information content (AvgIpc) is 2.92. The minimum atomic E-state index is -0.566. The molecule has 0 unspecified atom stereocenters. The second kappa shape index (κ2) is 15.3. The summed E-state index contributed by atoms with van der Waals surface area (Å²) < 4.78 is 11.2. The molecule has 0 aromatic heterocycles. The van der Waals surface area contributed by atoms with E-state index in [1.807, 2.05) is 59.5 Å². The number of nitrogens with two attached hydrogens (primary N) is 1. The van der Waals surface area contributed by atoms with E-state index >= 15 is 0 Å². The summed E-state index contributed by atoms with van der Waals surface area (Å²) in [6.07, 6.45) is 1.40. The number of benzene rings is 3. The van der Waals surface area contributed by atoms with Crippen LogP contribution in [0.5, 0.6) is 5.75 Å². The molecule has 4 N–H and O–H groups in total. The fourth-order valence-electron chi connectivity index (χ4n) is 4.71. The number of ether oxygens (including phenoxy) is 2. The highest BCUT2D eigenvalue weighted by Gasteiger charge is 2.23. The molecule has 0 bridgehead atoms. The predicted octanol–water partition coefficient (Wildman–Crippen LogP) is 5.29. The third-order valence-electron chi connectivity index (χ3n) is 6.83. The van der Waals surface area contributed by atoms with Crippen LogP contribution >= 0.6 is 24.8 Å². The lowest BCUT2D eigenvalue weighted by atomic mass is 10.0. The van der Waals surface area contributed by atoms with E-state index in [0.717, 1.165) is 42.3 Å². The van der Waals surface area contributed by atoms with Crippen molar-refractivity contribution in [2.24, 2.45) is 5.73 Å². The molecule has 0 aliphatic carbocycles. The largest absolute Gasteiger partial charge is 0.490 e. The van der Waals surface area contributed by atoms with Crippen molar-refractivity contribution in [3.8, 4) is 5.75 Å². The number of amides is 1. The maximum Gasteiger partial charge on any atom is 0.315 e. The summed E-state index contributed by atoms with van der Waals surface area (Å²) in [5.74, 6) is 0.351. The molecule has 220 valence electrons. The zero-order chi connectivity index (χ0) is 27.9. The van der Waals surface area contributed by atoms with Gasteiger partial charge in [0, 0.05) is 37.2 Å². The van der Waals surface area contributed by atoms with E-state index < -0.39 is 5.97 Å². The number of piperidine rings is 1. The van der Waals surface area contributed by atoms with Gasteiger partial charge in [-0.3, -0.25) is 20.4 Å². The Morgan fingerprint density at radius 3 is 2.24 bits per heavy atom. The molecule has 41 heavy (non-hydrogen) atoms. The number of nitrogens with zero attached hydrogens (tertiary/aromatic N) is 2. The number of likely N-dealkylation sites (tertiary alicyclic amines) is 1. The summed E-state index contributed by atoms with van der Waals surface area (Å²) in [6.45, 7) is 5.57. The monoisotopic (exact) mass is 601 g/mol. The molecule has 1 amide bonds. The van der Waals surface area contributed by atoms with Gasteiger partial charge in [0.15, 0.2) is 0 Å². The van der Waals surface area contributed by atoms with E-state index in [4.69, 9.17) is 26.0 Å².